The molecule has 0 aromatic heterocycles. The minimum absolute atomic E-state index is 0.0793. The average Bonchev–Trinajstić information content (AvgIpc) is 2.28. The van der Waals surface area contributed by atoms with Crippen LogP contribution in [0.25, 0.3) is 0 Å². The number of benzene rings is 1. The number of ether oxygens (including phenoxy) is 2. The van der Waals surface area contributed by atoms with E-state index in [-0.39, 0.29) is 28.5 Å². The molecule has 0 aliphatic heterocycles. The lowest BCUT2D eigenvalue weighted by Gasteiger charge is -2.11. The summed E-state index contributed by atoms with van der Waals surface area (Å²) in [5.41, 5.74) is 0.338. The number of carbonyl (C=O) groups is 2. The Morgan fingerprint density at radius 3 is 2.69 bits per heavy atom. The van der Waals surface area contributed by atoms with Gasteiger partial charge in [0.2, 0.25) is 0 Å². The zero-order valence-corrected chi connectivity index (χ0v) is 9.71. The van der Waals surface area contributed by atoms with E-state index in [9.17, 15) is 9.59 Å². The van der Waals surface area contributed by atoms with Gasteiger partial charge in [0.25, 0.3) is 0 Å². The highest BCUT2D eigenvalue weighted by Crippen LogP contribution is 2.30. The first-order chi connectivity index (χ1) is 7.65. The fourth-order valence-electron chi connectivity index (χ4n) is 1.28. The van der Waals surface area contributed by atoms with Crippen LogP contribution in [0.3, 0.4) is 0 Å². The molecule has 0 fully saturated rings. The SMILES string of the molecule is CCOC(=O)c1c(Cl)ccc(C=O)c1OC. The van der Waals surface area contributed by atoms with E-state index in [1.54, 1.807) is 6.92 Å². The zero-order valence-electron chi connectivity index (χ0n) is 8.95. The minimum Gasteiger partial charge on any atom is -0.495 e. The highest BCUT2D eigenvalue weighted by Gasteiger charge is 2.20. The second-order valence-corrected chi connectivity index (χ2v) is 3.29. The first-order valence-corrected chi connectivity index (χ1v) is 5.02. The Hall–Kier alpha value is -1.55. The third kappa shape index (κ3) is 2.33. The van der Waals surface area contributed by atoms with Gasteiger partial charge < -0.3 is 9.47 Å². The molecule has 86 valence electrons. The Morgan fingerprint density at radius 1 is 1.50 bits per heavy atom. The van der Waals surface area contributed by atoms with Crippen LogP contribution in [0.2, 0.25) is 5.02 Å². The van der Waals surface area contributed by atoms with Crippen molar-refractivity contribution in [1.29, 1.82) is 0 Å². The van der Waals surface area contributed by atoms with Crippen molar-refractivity contribution in [1.82, 2.24) is 0 Å². The minimum atomic E-state index is -0.604. The smallest absolute Gasteiger partial charge is 0.343 e. The van der Waals surface area contributed by atoms with Crippen LogP contribution in [-0.4, -0.2) is 26.0 Å². The van der Waals surface area contributed by atoms with Crippen LogP contribution in [0.4, 0.5) is 0 Å². The third-order valence-electron chi connectivity index (χ3n) is 1.95. The van der Waals surface area contributed by atoms with Crippen LogP contribution in [0, 0.1) is 0 Å². The maximum atomic E-state index is 11.6. The van der Waals surface area contributed by atoms with Gasteiger partial charge in [-0.3, -0.25) is 4.79 Å². The van der Waals surface area contributed by atoms with Gasteiger partial charge in [0.05, 0.1) is 24.3 Å². The molecule has 5 heteroatoms. The van der Waals surface area contributed by atoms with Crippen molar-refractivity contribution in [2.24, 2.45) is 0 Å². The average molecular weight is 243 g/mol. The van der Waals surface area contributed by atoms with Crippen molar-refractivity contribution in [3.8, 4) is 5.75 Å². The molecule has 0 amide bonds. The molecule has 0 unspecified atom stereocenters. The van der Waals surface area contributed by atoms with Gasteiger partial charge in [-0.05, 0) is 19.1 Å². The maximum Gasteiger partial charge on any atom is 0.343 e. The lowest BCUT2D eigenvalue weighted by atomic mass is 10.1. The fourth-order valence-corrected chi connectivity index (χ4v) is 1.51. The summed E-state index contributed by atoms with van der Waals surface area (Å²) in [6.45, 7) is 1.91. The van der Waals surface area contributed by atoms with Crippen LogP contribution in [0.1, 0.15) is 27.6 Å². The number of rotatable bonds is 4. The largest absolute Gasteiger partial charge is 0.495 e. The second-order valence-electron chi connectivity index (χ2n) is 2.88. The van der Waals surface area contributed by atoms with E-state index >= 15 is 0 Å². The van der Waals surface area contributed by atoms with E-state index in [2.05, 4.69) is 0 Å². The van der Waals surface area contributed by atoms with Crippen molar-refractivity contribution >= 4 is 23.9 Å². The molecule has 0 N–H and O–H groups in total. The normalized spacial score (nSPS) is 9.69. The zero-order chi connectivity index (χ0) is 12.1. The van der Waals surface area contributed by atoms with Gasteiger partial charge in [-0.15, -0.1) is 0 Å². The molecule has 0 spiro atoms. The van der Waals surface area contributed by atoms with Crippen molar-refractivity contribution in [3.05, 3.63) is 28.3 Å². The van der Waals surface area contributed by atoms with E-state index in [1.807, 2.05) is 0 Å². The number of hydrogen-bond donors (Lipinski definition) is 0. The molecule has 0 atom stereocenters. The molecule has 0 saturated carbocycles. The molecule has 0 heterocycles. The van der Waals surface area contributed by atoms with Gasteiger partial charge in [-0.25, -0.2) is 4.79 Å². The molecule has 16 heavy (non-hydrogen) atoms. The van der Waals surface area contributed by atoms with Gasteiger partial charge in [-0.1, -0.05) is 11.6 Å². The van der Waals surface area contributed by atoms with E-state index < -0.39 is 5.97 Å². The summed E-state index contributed by atoms with van der Waals surface area (Å²) < 4.78 is 9.83. The summed E-state index contributed by atoms with van der Waals surface area (Å²) in [5.74, 6) is -0.464. The van der Waals surface area contributed by atoms with Gasteiger partial charge in [-0.2, -0.15) is 0 Å². The predicted octanol–water partition coefficient (Wildman–Crippen LogP) is 2.34. The topological polar surface area (TPSA) is 52.6 Å². The summed E-state index contributed by atoms with van der Waals surface area (Å²) >= 11 is 5.87. The van der Waals surface area contributed by atoms with Crippen LogP contribution < -0.4 is 4.74 Å². The van der Waals surface area contributed by atoms with Crippen molar-refractivity contribution < 1.29 is 19.1 Å². The van der Waals surface area contributed by atoms with Gasteiger partial charge in [0, 0.05) is 0 Å². The first-order valence-electron chi connectivity index (χ1n) is 4.64. The summed E-state index contributed by atoms with van der Waals surface area (Å²) in [6, 6.07) is 2.94. The Kier molecular flexibility index (Phi) is 4.31. The standard InChI is InChI=1S/C11H11ClO4/c1-3-16-11(14)9-8(12)5-4-7(6-13)10(9)15-2/h4-6H,3H2,1-2H3. The number of methoxy groups -OCH3 is 1. The molecule has 0 aliphatic carbocycles. The Morgan fingerprint density at radius 2 is 2.19 bits per heavy atom. The lowest BCUT2D eigenvalue weighted by Crippen LogP contribution is -2.09. The summed E-state index contributed by atoms with van der Waals surface area (Å²) in [6.07, 6.45) is 0.595. The predicted molar refractivity (Wildman–Crippen MR) is 59.3 cm³/mol. The van der Waals surface area contributed by atoms with Crippen molar-refractivity contribution in [2.45, 2.75) is 6.92 Å². The molecular formula is C11H11ClO4. The molecule has 0 aliphatic rings. The van der Waals surface area contributed by atoms with E-state index in [0.717, 1.165) is 0 Å². The Labute approximate surface area is 98.1 Å². The van der Waals surface area contributed by atoms with Crippen LogP contribution in [0.5, 0.6) is 5.75 Å². The number of halogens is 1. The second kappa shape index (κ2) is 5.51. The lowest BCUT2D eigenvalue weighted by molar-refractivity contribution is 0.0523. The fraction of sp³-hybridized carbons (Fsp3) is 0.273. The van der Waals surface area contributed by atoms with Gasteiger partial charge in [0.1, 0.15) is 11.3 Å². The number of aldehydes is 1. The Balaban J connectivity index is 3.33. The maximum absolute atomic E-state index is 11.6. The molecule has 0 radical (unpaired) electrons. The van der Waals surface area contributed by atoms with Gasteiger partial charge in [0.15, 0.2) is 6.29 Å². The van der Waals surface area contributed by atoms with Crippen LogP contribution in [-0.2, 0) is 4.74 Å². The summed E-state index contributed by atoms with van der Waals surface area (Å²) in [5, 5.41) is 0.195. The molecule has 0 bridgehead atoms. The molecule has 0 saturated heterocycles. The summed E-state index contributed by atoms with van der Waals surface area (Å²) in [4.78, 5) is 22.4. The third-order valence-corrected chi connectivity index (χ3v) is 2.26. The highest BCUT2D eigenvalue weighted by molar-refractivity contribution is 6.34. The number of esters is 1. The monoisotopic (exact) mass is 242 g/mol. The van der Waals surface area contributed by atoms with E-state index in [1.165, 1.54) is 19.2 Å². The number of carbonyl (C=O) groups excluding carboxylic acids is 2. The first kappa shape index (κ1) is 12.5. The molecular weight excluding hydrogens is 232 g/mol. The molecule has 1 rings (SSSR count). The Bertz CT molecular complexity index is 415. The number of hydrogen-bond acceptors (Lipinski definition) is 4. The van der Waals surface area contributed by atoms with Crippen molar-refractivity contribution in [3.63, 3.8) is 0 Å². The summed E-state index contributed by atoms with van der Waals surface area (Å²) in [7, 11) is 1.36. The van der Waals surface area contributed by atoms with E-state index in [4.69, 9.17) is 21.1 Å². The van der Waals surface area contributed by atoms with Gasteiger partial charge >= 0.3 is 5.97 Å². The quantitative estimate of drug-likeness (QED) is 0.601. The van der Waals surface area contributed by atoms with Crippen molar-refractivity contribution in [2.75, 3.05) is 13.7 Å². The van der Waals surface area contributed by atoms with Crippen LogP contribution >= 0.6 is 11.6 Å². The highest BCUT2D eigenvalue weighted by atomic mass is 35.5. The molecule has 1 aromatic carbocycles. The molecule has 1 aromatic rings. The van der Waals surface area contributed by atoms with E-state index in [0.29, 0.717) is 6.29 Å². The van der Waals surface area contributed by atoms with Crippen LogP contribution in [0.15, 0.2) is 12.1 Å². The molecule has 4 nitrogen and oxygen atoms in total.